The second kappa shape index (κ2) is 10.4. The molecule has 0 saturated heterocycles. The maximum absolute atomic E-state index is 12.0. The number of hydrogen-bond acceptors (Lipinski definition) is 5. The summed E-state index contributed by atoms with van der Waals surface area (Å²) in [4.78, 5) is 24.9. The van der Waals surface area contributed by atoms with Gasteiger partial charge in [-0.15, -0.1) is 22.7 Å². The van der Waals surface area contributed by atoms with Gasteiger partial charge in [0.15, 0.2) is 5.96 Å². The number of aromatic nitrogens is 1. The molecular formula is C22H27N5OS2. The molecule has 0 atom stereocenters. The normalized spacial score (nSPS) is 11.4. The summed E-state index contributed by atoms with van der Waals surface area (Å²) in [5.74, 6) is 0.768. The number of aryl methyl sites for hydroxylation is 1. The van der Waals surface area contributed by atoms with Crippen molar-refractivity contribution in [2.45, 2.75) is 19.9 Å². The van der Waals surface area contributed by atoms with Gasteiger partial charge in [-0.05, 0) is 43.2 Å². The van der Waals surface area contributed by atoms with Crippen LogP contribution < -0.4 is 10.6 Å². The van der Waals surface area contributed by atoms with Crippen LogP contribution in [-0.2, 0) is 13.0 Å². The van der Waals surface area contributed by atoms with Crippen LogP contribution in [0.15, 0.2) is 46.8 Å². The molecule has 2 N–H and O–H groups in total. The third-order valence-electron chi connectivity index (χ3n) is 4.49. The summed E-state index contributed by atoms with van der Waals surface area (Å²) in [5.41, 5.74) is 2.85. The van der Waals surface area contributed by atoms with Crippen molar-refractivity contribution in [2.75, 3.05) is 27.7 Å². The number of nitrogens with one attached hydrogen (secondary N) is 2. The lowest BCUT2D eigenvalue weighted by atomic mass is 10.1. The van der Waals surface area contributed by atoms with E-state index in [1.54, 1.807) is 48.7 Å². The third kappa shape index (κ3) is 5.90. The van der Waals surface area contributed by atoms with Crippen LogP contribution in [0, 0.1) is 6.92 Å². The van der Waals surface area contributed by atoms with E-state index in [1.807, 2.05) is 31.2 Å². The summed E-state index contributed by atoms with van der Waals surface area (Å²) in [6.07, 6.45) is 0.926. The number of carbonyl (C=O) groups excluding carboxylic acids is 1. The largest absolute Gasteiger partial charge is 0.356 e. The van der Waals surface area contributed by atoms with Gasteiger partial charge in [-0.1, -0.05) is 12.1 Å². The zero-order valence-corrected chi connectivity index (χ0v) is 19.4. The highest BCUT2D eigenvalue weighted by atomic mass is 32.1. The molecule has 2 aromatic heterocycles. The zero-order chi connectivity index (χ0) is 21.5. The first kappa shape index (κ1) is 22.0. The Kier molecular flexibility index (Phi) is 7.59. The maximum atomic E-state index is 12.0. The number of carbonyl (C=O) groups is 1. The molecule has 1 aromatic carbocycles. The van der Waals surface area contributed by atoms with E-state index in [1.165, 1.54) is 9.75 Å². The molecule has 3 aromatic rings. The predicted octanol–water partition coefficient (Wildman–Crippen LogP) is 3.79. The molecule has 0 radical (unpaired) electrons. The monoisotopic (exact) mass is 441 g/mol. The van der Waals surface area contributed by atoms with Crippen molar-refractivity contribution in [1.82, 2.24) is 20.5 Å². The average molecular weight is 442 g/mol. The molecule has 30 heavy (non-hydrogen) atoms. The van der Waals surface area contributed by atoms with E-state index in [4.69, 9.17) is 0 Å². The summed E-state index contributed by atoms with van der Waals surface area (Å²) >= 11 is 3.47. The molecule has 0 saturated carbocycles. The Morgan fingerprint density at radius 1 is 1.13 bits per heavy atom. The third-order valence-corrected chi connectivity index (χ3v) is 6.43. The van der Waals surface area contributed by atoms with E-state index in [0.29, 0.717) is 12.1 Å². The van der Waals surface area contributed by atoms with Gasteiger partial charge >= 0.3 is 0 Å². The van der Waals surface area contributed by atoms with Crippen LogP contribution in [-0.4, -0.2) is 49.4 Å². The molecule has 8 heteroatoms. The van der Waals surface area contributed by atoms with Crippen molar-refractivity contribution in [3.05, 3.63) is 62.8 Å². The van der Waals surface area contributed by atoms with Crippen molar-refractivity contribution in [2.24, 2.45) is 4.99 Å². The maximum Gasteiger partial charge on any atom is 0.253 e. The number of amides is 1. The van der Waals surface area contributed by atoms with Gasteiger partial charge < -0.3 is 15.5 Å². The second-order valence-electron chi connectivity index (χ2n) is 7.02. The van der Waals surface area contributed by atoms with Gasteiger partial charge in [0.2, 0.25) is 0 Å². The number of guanidine groups is 1. The molecule has 6 nitrogen and oxygen atoms in total. The molecule has 1 amide bonds. The number of aliphatic imine (C=N–C) groups is 1. The van der Waals surface area contributed by atoms with E-state index in [9.17, 15) is 4.79 Å². The first-order valence-electron chi connectivity index (χ1n) is 9.72. The molecule has 0 unspecified atom stereocenters. The number of thiazole rings is 1. The highest BCUT2D eigenvalue weighted by Crippen LogP contribution is 2.29. The molecule has 0 aliphatic rings. The summed E-state index contributed by atoms with van der Waals surface area (Å²) in [6.45, 7) is 3.47. The second-order valence-corrected chi connectivity index (χ2v) is 9.25. The minimum Gasteiger partial charge on any atom is -0.356 e. The molecule has 2 heterocycles. The number of hydrogen-bond donors (Lipinski definition) is 2. The Balaban J connectivity index is 1.45. The highest BCUT2D eigenvalue weighted by Gasteiger charge is 2.08. The Morgan fingerprint density at radius 2 is 1.90 bits per heavy atom. The van der Waals surface area contributed by atoms with E-state index < -0.39 is 0 Å². The lowest BCUT2D eigenvalue weighted by Gasteiger charge is -2.13. The van der Waals surface area contributed by atoms with Crippen molar-refractivity contribution in [1.29, 1.82) is 0 Å². The first-order chi connectivity index (χ1) is 14.5. The fourth-order valence-electron chi connectivity index (χ4n) is 2.86. The Hall–Kier alpha value is -2.71. The average Bonchev–Trinajstić information content (AvgIpc) is 3.39. The number of nitrogens with zero attached hydrogens (tertiary/aromatic N) is 3. The molecule has 0 fully saturated rings. The van der Waals surface area contributed by atoms with Crippen LogP contribution in [0.2, 0.25) is 0 Å². The fraction of sp³-hybridized carbons (Fsp3) is 0.318. The van der Waals surface area contributed by atoms with Gasteiger partial charge in [0.25, 0.3) is 5.91 Å². The number of rotatable bonds is 7. The smallest absolute Gasteiger partial charge is 0.253 e. The van der Waals surface area contributed by atoms with Gasteiger partial charge in [0, 0.05) is 50.1 Å². The van der Waals surface area contributed by atoms with Crippen molar-refractivity contribution in [3.8, 4) is 10.6 Å². The van der Waals surface area contributed by atoms with Crippen molar-refractivity contribution < 1.29 is 4.79 Å². The minimum absolute atomic E-state index is 0.00799. The highest BCUT2D eigenvalue weighted by molar-refractivity contribution is 7.16. The topological polar surface area (TPSA) is 69.6 Å². The summed E-state index contributed by atoms with van der Waals surface area (Å²) < 4.78 is 0. The standard InChI is InChI=1S/C22H27N5OS2/c1-15-26-19(14-29-15)20-10-9-18(30-20)11-12-24-22(23-2)25-13-16-5-7-17(8-6-16)21(28)27(3)4/h5-10,14H,11-13H2,1-4H3,(H2,23,24,25). The number of benzene rings is 1. The van der Waals surface area contributed by atoms with Crippen molar-refractivity contribution >= 4 is 34.5 Å². The van der Waals surface area contributed by atoms with E-state index in [-0.39, 0.29) is 5.91 Å². The van der Waals surface area contributed by atoms with Gasteiger partial charge in [-0.25, -0.2) is 4.98 Å². The summed E-state index contributed by atoms with van der Waals surface area (Å²) in [7, 11) is 5.27. The lowest BCUT2D eigenvalue weighted by Crippen LogP contribution is -2.37. The molecular weight excluding hydrogens is 414 g/mol. The molecule has 0 spiro atoms. The van der Waals surface area contributed by atoms with Gasteiger partial charge in [0.05, 0.1) is 15.6 Å². The Morgan fingerprint density at radius 3 is 2.53 bits per heavy atom. The fourth-order valence-corrected chi connectivity index (χ4v) is 4.52. The predicted molar refractivity (Wildman–Crippen MR) is 127 cm³/mol. The van der Waals surface area contributed by atoms with E-state index >= 15 is 0 Å². The molecule has 0 aliphatic carbocycles. The van der Waals surface area contributed by atoms with Crippen LogP contribution in [0.3, 0.4) is 0 Å². The lowest BCUT2D eigenvalue weighted by molar-refractivity contribution is 0.0827. The first-order valence-corrected chi connectivity index (χ1v) is 11.4. The van der Waals surface area contributed by atoms with Gasteiger partial charge in [-0.3, -0.25) is 9.79 Å². The quantitative estimate of drug-likeness (QED) is 0.432. The SMILES string of the molecule is CN=C(NCCc1ccc(-c2csc(C)n2)s1)NCc1ccc(C(=O)N(C)C)cc1. The van der Waals surface area contributed by atoms with Gasteiger partial charge in [0.1, 0.15) is 0 Å². The summed E-state index contributed by atoms with van der Waals surface area (Å²) in [5, 5.41) is 9.87. The Labute approximate surface area is 185 Å². The number of thiophene rings is 1. The Bertz CT molecular complexity index is 1000. The van der Waals surface area contributed by atoms with Crippen LogP contribution in [0.5, 0.6) is 0 Å². The van der Waals surface area contributed by atoms with Crippen LogP contribution in [0.1, 0.15) is 25.8 Å². The van der Waals surface area contributed by atoms with Gasteiger partial charge in [-0.2, -0.15) is 0 Å². The van der Waals surface area contributed by atoms with Crippen molar-refractivity contribution in [3.63, 3.8) is 0 Å². The van der Waals surface area contributed by atoms with E-state index in [2.05, 4.69) is 38.1 Å². The minimum atomic E-state index is 0.00799. The molecule has 0 aliphatic heterocycles. The molecule has 3 rings (SSSR count). The zero-order valence-electron chi connectivity index (χ0n) is 17.7. The molecule has 0 bridgehead atoms. The van der Waals surface area contributed by atoms with Crippen LogP contribution in [0.4, 0.5) is 0 Å². The summed E-state index contributed by atoms with van der Waals surface area (Å²) in [6, 6.07) is 12.0. The van der Waals surface area contributed by atoms with E-state index in [0.717, 1.165) is 35.2 Å². The molecule has 158 valence electrons. The van der Waals surface area contributed by atoms with Crippen LogP contribution >= 0.6 is 22.7 Å². The van der Waals surface area contributed by atoms with Crippen LogP contribution in [0.25, 0.3) is 10.6 Å².